The molecule has 2 heterocycles. The fourth-order valence-corrected chi connectivity index (χ4v) is 2.02. The lowest BCUT2D eigenvalue weighted by atomic mass is 10.1. The Balaban J connectivity index is 1.95. The number of hydrogen-bond donors (Lipinski definition) is 1. The highest BCUT2D eigenvalue weighted by Crippen LogP contribution is 2.10. The fourth-order valence-electron chi connectivity index (χ4n) is 1.66. The first-order valence-electron chi connectivity index (χ1n) is 5.57. The summed E-state index contributed by atoms with van der Waals surface area (Å²) in [5.74, 6) is -0.125. The molecule has 1 amide bonds. The molecule has 0 aromatic carbocycles. The Labute approximate surface area is 114 Å². The number of nitrogens with zero attached hydrogens (tertiary/aromatic N) is 1. The molecule has 0 fully saturated rings. The van der Waals surface area contributed by atoms with E-state index >= 15 is 0 Å². The molecule has 2 aromatic rings. The highest BCUT2D eigenvalue weighted by atomic mass is 79.9. The molecule has 0 aliphatic carbocycles. The maximum atomic E-state index is 11.9. The maximum Gasteiger partial charge on any atom is 0.253 e. The van der Waals surface area contributed by atoms with Gasteiger partial charge in [-0.25, -0.2) is 0 Å². The number of aromatic nitrogens is 1. The van der Waals surface area contributed by atoms with Crippen molar-refractivity contribution >= 4 is 21.8 Å². The largest absolute Gasteiger partial charge is 0.472 e. The average Bonchev–Trinajstić information content (AvgIpc) is 2.81. The predicted octanol–water partition coefficient (Wildman–Crippen LogP) is 2.80. The predicted molar refractivity (Wildman–Crippen MR) is 71.3 cm³/mol. The molecular weight excluding hydrogens is 296 g/mol. The summed E-state index contributed by atoms with van der Waals surface area (Å²) in [6.45, 7) is 1.95. The molecule has 2 aromatic heterocycles. The van der Waals surface area contributed by atoms with Crippen LogP contribution in [0.1, 0.15) is 22.8 Å². The van der Waals surface area contributed by atoms with Gasteiger partial charge in [-0.05, 0) is 47.0 Å². The number of carbonyl (C=O) groups excluding carboxylic acids is 1. The van der Waals surface area contributed by atoms with Gasteiger partial charge in [0.05, 0.1) is 18.1 Å². The first-order valence-corrected chi connectivity index (χ1v) is 6.37. The van der Waals surface area contributed by atoms with E-state index < -0.39 is 0 Å². The van der Waals surface area contributed by atoms with Crippen LogP contribution in [-0.2, 0) is 6.42 Å². The molecule has 4 nitrogen and oxygen atoms in total. The number of furan rings is 1. The third kappa shape index (κ3) is 3.43. The van der Waals surface area contributed by atoms with E-state index in [4.69, 9.17) is 4.42 Å². The Morgan fingerprint density at radius 1 is 1.56 bits per heavy atom. The summed E-state index contributed by atoms with van der Waals surface area (Å²) in [6.07, 6.45) is 7.24. The summed E-state index contributed by atoms with van der Waals surface area (Å²) in [4.78, 5) is 15.9. The van der Waals surface area contributed by atoms with E-state index in [1.54, 1.807) is 31.0 Å². The summed E-state index contributed by atoms with van der Waals surface area (Å²) in [6, 6.07) is 3.67. The third-order valence-corrected chi connectivity index (χ3v) is 2.90. The van der Waals surface area contributed by atoms with E-state index in [0.717, 1.165) is 16.5 Å². The number of hydrogen-bond acceptors (Lipinski definition) is 3. The zero-order chi connectivity index (χ0) is 13.0. The summed E-state index contributed by atoms with van der Waals surface area (Å²) in [7, 11) is 0. The topological polar surface area (TPSA) is 55.1 Å². The Hall–Kier alpha value is -1.62. The van der Waals surface area contributed by atoms with Crippen molar-refractivity contribution < 1.29 is 9.21 Å². The van der Waals surface area contributed by atoms with Gasteiger partial charge in [0, 0.05) is 22.9 Å². The molecule has 18 heavy (non-hydrogen) atoms. The van der Waals surface area contributed by atoms with Crippen LogP contribution in [0.4, 0.5) is 0 Å². The van der Waals surface area contributed by atoms with Gasteiger partial charge in [-0.3, -0.25) is 9.78 Å². The number of carbonyl (C=O) groups is 1. The van der Waals surface area contributed by atoms with Gasteiger partial charge in [0.2, 0.25) is 0 Å². The minimum atomic E-state index is -0.125. The molecule has 0 bridgehead atoms. The van der Waals surface area contributed by atoms with Gasteiger partial charge in [-0.2, -0.15) is 0 Å². The smallest absolute Gasteiger partial charge is 0.253 e. The first-order chi connectivity index (χ1) is 8.65. The molecule has 2 rings (SSSR count). The van der Waals surface area contributed by atoms with Crippen LogP contribution >= 0.6 is 15.9 Å². The van der Waals surface area contributed by atoms with Crippen molar-refractivity contribution in [1.29, 1.82) is 0 Å². The van der Waals surface area contributed by atoms with Crippen LogP contribution < -0.4 is 5.32 Å². The molecule has 0 saturated carbocycles. The highest BCUT2D eigenvalue weighted by Gasteiger charge is 2.11. The molecular formula is C13H13BrN2O2. The van der Waals surface area contributed by atoms with Crippen LogP contribution in [0, 0.1) is 0 Å². The molecule has 0 aliphatic heterocycles. The monoisotopic (exact) mass is 308 g/mol. The Kier molecular flexibility index (Phi) is 4.15. The van der Waals surface area contributed by atoms with Crippen molar-refractivity contribution in [2.45, 2.75) is 19.4 Å². The fraction of sp³-hybridized carbons (Fsp3) is 0.231. The van der Waals surface area contributed by atoms with E-state index in [0.29, 0.717) is 5.56 Å². The van der Waals surface area contributed by atoms with E-state index in [9.17, 15) is 4.79 Å². The van der Waals surface area contributed by atoms with Gasteiger partial charge >= 0.3 is 0 Å². The molecule has 1 atom stereocenters. The molecule has 94 valence electrons. The molecule has 0 saturated heterocycles. The highest BCUT2D eigenvalue weighted by molar-refractivity contribution is 9.10. The second-order valence-electron chi connectivity index (χ2n) is 4.10. The van der Waals surface area contributed by atoms with E-state index in [-0.39, 0.29) is 11.9 Å². The zero-order valence-corrected chi connectivity index (χ0v) is 11.5. The lowest BCUT2D eigenvalue weighted by Crippen LogP contribution is -2.34. The van der Waals surface area contributed by atoms with Gasteiger partial charge in [0.15, 0.2) is 0 Å². The van der Waals surface area contributed by atoms with Gasteiger partial charge in [0.1, 0.15) is 0 Å². The Morgan fingerprint density at radius 3 is 3.06 bits per heavy atom. The number of pyridine rings is 1. The number of halogens is 1. The minimum absolute atomic E-state index is 0.0362. The Morgan fingerprint density at radius 2 is 2.39 bits per heavy atom. The van der Waals surface area contributed by atoms with Crippen LogP contribution in [-0.4, -0.2) is 16.9 Å². The van der Waals surface area contributed by atoms with Crippen molar-refractivity contribution in [3.63, 3.8) is 0 Å². The zero-order valence-electron chi connectivity index (χ0n) is 9.89. The molecule has 0 radical (unpaired) electrons. The third-order valence-electron chi connectivity index (χ3n) is 2.47. The van der Waals surface area contributed by atoms with Crippen molar-refractivity contribution in [2.75, 3.05) is 0 Å². The van der Waals surface area contributed by atoms with Crippen LogP contribution in [0.25, 0.3) is 0 Å². The average molecular weight is 309 g/mol. The van der Waals surface area contributed by atoms with Gasteiger partial charge in [-0.1, -0.05) is 0 Å². The molecule has 0 unspecified atom stereocenters. The minimum Gasteiger partial charge on any atom is -0.472 e. The lowest BCUT2D eigenvalue weighted by Gasteiger charge is -2.12. The molecule has 1 N–H and O–H groups in total. The van der Waals surface area contributed by atoms with Gasteiger partial charge < -0.3 is 9.73 Å². The van der Waals surface area contributed by atoms with E-state index in [1.807, 2.05) is 13.0 Å². The second-order valence-corrected chi connectivity index (χ2v) is 5.02. The number of rotatable bonds is 4. The molecule has 0 aliphatic rings. The van der Waals surface area contributed by atoms with E-state index in [2.05, 4.69) is 26.2 Å². The Bertz CT molecular complexity index is 526. The summed E-state index contributed by atoms with van der Waals surface area (Å²) < 4.78 is 5.78. The van der Waals surface area contributed by atoms with Gasteiger partial charge in [0.25, 0.3) is 5.91 Å². The van der Waals surface area contributed by atoms with Crippen LogP contribution in [0.5, 0.6) is 0 Å². The summed E-state index contributed by atoms with van der Waals surface area (Å²) >= 11 is 3.29. The summed E-state index contributed by atoms with van der Waals surface area (Å²) in [5, 5.41) is 2.92. The quantitative estimate of drug-likeness (QED) is 0.945. The number of amides is 1. The standard InChI is InChI=1S/C13H13BrN2O2/c1-9(4-10-2-3-18-8-10)16-13(17)11-5-12(14)7-15-6-11/h2-3,5-9H,4H2,1H3,(H,16,17)/t9-/m1/s1. The van der Waals surface area contributed by atoms with Gasteiger partial charge in [-0.15, -0.1) is 0 Å². The van der Waals surface area contributed by atoms with Crippen LogP contribution in [0.3, 0.4) is 0 Å². The van der Waals surface area contributed by atoms with E-state index in [1.165, 1.54) is 0 Å². The maximum absolute atomic E-state index is 11.9. The van der Waals surface area contributed by atoms with Crippen molar-refractivity contribution in [3.8, 4) is 0 Å². The summed E-state index contributed by atoms with van der Waals surface area (Å²) in [5.41, 5.74) is 1.61. The van der Waals surface area contributed by atoms with Crippen LogP contribution in [0.2, 0.25) is 0 Å². The normalized spacial score (nSPS) is 12.1. The van der Waals surface area contributed by atoms with Crippen molar-refractivity contribution in [2.24, 2.45) is 0 Å². The first kappa shape index (κ1) is 12.8. The second kappa shape index (κ2) is 5.82. The number of nitrogens with one attached hydrogen (secondary N) is 1. The molecule has 0 spiro atoms. The SMILES string of the molecule is C[C@H](Cc1ccoc1)NC(=O)c1cncc(Br)c1. The molecule has 5 heteroatoms. The van der Waals surface area contributed by atoms with Crippen molar-refractivity contribution in [1.82, 2.24) is 10.3 Å². The van der Waals surface area contributed by atoms with Crippen molar-refractivity contribution in [3.05, 3.63) is 52.7 Å². The van der Waals surface area contributed by atoms with Crippen LogP contribution in [0.15, 0.2) is 45.9 Å². The lowest BCUT2D eigenvalue weighted by molar-refractivity contribution is 0.0939.